The summed E-state index contributed by atoms with van der Waals surface area (Å²) < 4.78 is 0. The summed E-state index contributed by atoms with van der Waals surface area (Å²) in [7, 11) is 0. The summed E-state index contributed by atoms with van der Waals surface area (Å²) in [4.78, 5) is 8.76. The molecule has 2 N–H and O–H groups in total. The van der Waals surface area contributed by atoms with Crippen LogP contribution in [0.3, 0.4) is 0 Å². The van der Waals surface area contributed by atoms with Crippen LogP contribution in [0.15, 0.2) is 24.3 Å². The Labute approximate surface area is 122 Å². The molecule has 0 bridgehead atoms. The molecule has 1 aromatic carbocycles. The highest BCUT2D eigenvalue weighted by Gasteiger charge is 2.09. The molecule has 0 atom stereocenters. The molecule has 0 aliphatic carbocycles. The SMILES string of the molecule is CC(C)c1cc(N)nc(Cc2ccc(Cl)cc2Cl)n1. The lowest BCUT2D eigenvalue weighted by Gasteiger charge is -2.09. The fourth-order valence-corrected chi connectivity index (χ4v) is 2.22. The first-order chi connectivity index (χ1) is 8.95. The fourth-order valence-electron chi connectivity index (χ4n) is 1.75. The molecule has 0 spiro atoms. The summed E-state index contributed by atoms with van der Waals surface area (Å²) in [6, 6.07) is 7.20. The van der Waals surface area contributed by atoms with Gasteiger partial charge < -0.3 is 5.73 Å². The van der Waals surface area contributed by atoms with E-state index < -0.39 is 0 Å². The molecular formula is C14H15Cl2N3. The monoisotopic (exact) mass is 295 g/mol. The second kappa shape index (κ2) is 5.76. The third kappa shape index (κ3) is 3.58. The second-order valence-electron chi connectivity index (χ2n) is 4.70. The molecule has 0 saturated carbocycles. The zero-order chi connectivity index (χ0) is 14.0. The average molecular weight is 296 g/mol. The van der Waals surface area contributed by atoms with Gasteiger partial charge in [-0.05, 0) is 23.6 Å². The highest BCUT2D eigenvalue weighted by atomic mass is 35.5. The van der Waals surface area contributed by atoms with Crippen molar-refractivity contribution in [2.45, 2.75) is 26.2 Å². The molecule has 0 fully saturated rings. The van der Waals surface area contributed by atoms with E-state index in [1.807, 2.05) is 6.07 Å². The van der Waals surface area contributed by atoms with Crippen molar-refractivity contribution < 1.29 is 0 Å². The van der Waals surface area contributed by atoms with Crippen LogP contribution < -0.4 is 5.73 Å². The Kier molecular flexibility index (Phi) is 4.27. The number of benzene rings is 1. The van der Waals surface area contributed by atoms with Crippen molar-refractivity contribution in [3.8, 4) is 0 Å². The summed E-state index contributed by atoms with van der Waals surface area (Å²) in [6.07, 6.45) is 0.542. The second-order valence-corrected chi connectivity index (χ2v) is 5.54. The topological polar surface area (TPSA) is 51.8 Å². The summed E-state index contributed by atoms with van der Waals surface area (Å²) in [5.74, 6) is 1.47. The number of halogens is 2. The number of rotatable bonds is 3. The van der Waals surface area contributed by atoms with Crippen molar-refractivity contribution in [2.75, 3.05) is 5.73 Å². The maximum Gasteiger partial charge on any atom is 0.135 e. The molecule has 0 unspecified atom stereocenters. The number of nitrogens with two attached hydrogens (primary N) is 1. The zero-order valence-corrected chi connectivity index (χ0v) is 12.3. The van der Waals surface area contributed by atoms with Crippen LogP contribution in [0.1, 0.15) is 36.8 Å². The summed E-state index contributed by atoms with van der Waals surface area (Å²) in [5, 5.41) is 1.23. The predicted molar refractivity (Wildman–Crippen MR) is 79.8 cm³/mol. The van der Waals surface area contributed by atoms with Crippen molar-refractivity contribution in [3.63, 3.8) is 0 Å². The Morgan fingerprint density at radius 2 is 1.89 bits per heavy atom. The van der Waals surface area contributed by atoms with E-state index in [4.69, 9.17) is 28.9 Å². The van der Waals surface area contributed by atoms with Gasteiger partial charge in [0.2, 0.25) is 0 Å². The molecule has 2 aromatic rings. The predicted octanol–water partition coefficient (Wildman–Crippen LogP) is 4.08. The molecule has 0 saturated heterocycles. The number of hydrogen-bond acceptors (Lipinski definition) is 3. The van der Waals surface area contributed by atoms with Crippen molar-refractivity contribution in [2.24, 2.45) is 0 Å². The molecule has 1 heterocycles. The van der Waals surface area contributed by atoms with Crippen LogP contribution in [0.2, 0.25) is 10.0 Å². The van der Waals surface area contributed by atoms with E-state index in [2.05, 4.69) is 23.8 Å². The van der Waals surface area contributed by atoms with Crippen LogP contribution in [0.4, 0.5) is 5.82 Å². The van der Waals surface area contributed by atoms with Crippen LogP contribution >= 0.6 is 23.2 Å². The molecule has 0 amide bonds. The van der Waals surface area contributed by atoms with Gasteiger partial charge >= 0.3 is 0 Å². The number of anilines is 1. The first-order valence-corrected chi connectivity index (χ1v) is 6.78. The lowest BCUT2D eigenvalue weighted by atomic mass is 10.1. The highest BCUT2D eigenvalue weighted by Crippen LogP contribution is 2.23. The zero-order valence-electron chi connectivity index (χ0n) is 10.8. The van der Waals surface area contributed by atoms with E-state index in [9.17, 15) is 0 Å². The first-order valence-electron chi connectivity index (χ1n) is 6.03. The minimum absolute atomic E-state index is 0.310. The number of nitrogens with zero attached hydrogens (tertiary/aromatic N) is 2. The molecule has 19 heavy (non-hydrogen) atoms. The molecule has 0 aliphatic heterocycles. The molecule has 0 radical (unpaired) electrons. The van der Waals surface area contributed by atoms with Crippen LogP contribution in [0, 0.1) is 0 Å². The Balaban J connectivity index is 2.32. The van der Waals surface area contributed by atoms with Gasteiger partial charge in [-0.2, -0.15) is 0 Å². The summed E-state index contributed by atoms with van der Waals surface area (Å²) in [6.45, 7) is 4.14. The molecular weight excluding hydrogens is 281 g/mol. The summed E-state index contributed by atoms with van der Waals surface area (Å²) >= 11 is 12.0. The van der Waals surface area contributed by atoms with Gasteiger partial charge in [-0.25, -0.2) is 9.97 Å². The number of nitrogen functional groups attached to an aromatic ring is 1. The maximum atomic E-state index is 6.15. The van der Waals surface area contributed by atoms with Gasteiger partial charge in [0.15, 0.2) is 0 Å². The number of hydrogen-bond donors (Lipinski definition) is 1. The van der Waals surface area contributed by atoms with E-state index >= 15 is 0 Å². The fraction of sp³-hybridized carbons (Fsp3) is 0.286. The van der Waals surface area contributed by atoms with E-state index in [0.29, 0.717) is 34.0 Å². The van der Waals surface area contributed by atoms with Gasteiger partial charge in [-0.15, -0.1) is 0 Å². The molecule has 1 aromatic heterocycles. The summed E-state index contributed by atoms with van der Waals surface area (Å²) in [5.41, 5.74) is 7.68. The Bertz CT molecular complexity index is 597. The minimum Gasteiger partial charge on any atom is -0.384 e. The maximum absolute atomic E-state index is 6.15. The smallest absolute Gasteiger partial charge is 0.135 e. The molecule has 0 aliphatic rings. The molecule has 3 nitrogen and oxygen atoms in total. The van der Waals surface area contributed by atoms with Crippen LogP contribution in [0.25, 0.3) is 0 Å². The Hall–Kier alpha value is -1.32. The van der Waals surface area contributed by atoms with E-state index in [-0.39, 0.29) is 0 Å². The first kappa shape index (κ1) is 14.1. The van der Waals surface area contributed by atoms with E-state index in [1.54, 1.807) is 18.2 Å². The van der Waals surface area contributed by atoms with Crippen LogP contribution in [-0.2, 0) is 6.42 Å². The Morgan fingerprint density at radius 1 is 1.16 bits per heavy atom. The average Bonchev–Trinajstić information content (AvgIpc) is 2.32. The Morgan fingerprint density at radius 3 is 2.53 bits per heavy atom. The van der Waals surface area contributed by atoms with Crippen LogP contribution in [0.5, 0.6) is 0 Å². The molecule has 5 heteroatoms. The normalized spacial score (nSPS) is 11.0. The third-order valence-electron chi connectivity index (χ3n) is 2.77. The minimum atomic E-state index is 0.310. The van der Waals surface area contributed by atoms with Gasteiger partial charge in [0, 0.05) is 28.2 Å². The van der Waals surface area contributed by atoms with Crippen molar-refractivity contribution in [1.29, 1.82) is 0 Å². The van der Waals surface area contributed by atoms with Crippen molar-refractivity contribution >= 4 is 29.0 Å². The van der Waals surface area contributed by atoms with Crippen LogP contribution in [-0.4, -0.2) is 9.97 Å². The lowest BCUT2D eigenvalue weighted by molar-refractivity contribution is 0.794. The largest absolute Gasteiger partial charge is 0.384 e. The van der Waals surface area contributed by atoms with Gasteiger partial charge in [0.05, 0.1) is 0 Å². The molecule has 2 rings (SSSR count). The number of aromatic nitrogens is 2. The van der Waals surface area contributed by atoms with Gasteiger partial charge in [0.1, 0.15) is 11.6 Å². The van der Waals surface area contributed by atoms with E-state index in [1.165, 1.54) is 0 Å². The van der Waals surface area contributed by atoms with Gasteiger partial charge in [0.25, 0.3) is 0 Å². The molecule has 100 valence electrons. The quantitative estimate of drug-likeness (QED) is 0.928. The van der Waals surface area contributed by atoms with Crippen molar-refractivity contribution in [3.05, 3.63) is 51.4 Å². The standard InChI is InChI=1S/C14H15Cl2N3/c1-8(2)12-7-13(17)19-14(18-12)5-9-3-4-10(15)6-11(9)16/h3-4,6-8H,5H2,1-2H3,(H2,17,18,19). The van der Waals surface area contributed by atoms with E-state index in [0.717, 1.165) is 11.3 Å². The van der Waals surface area contributed by atoms with Crippen molar-refractivity contribution in [1.82, 2.24) is 9.97 Å². The third-order valence-corrected chi connectivity index (χ3v) is 3.35. The highest BCUT2D eigenvalue weighted by molar-refractivity contribution is 6.35. The van der Waals surface area contributed by atoms with Gasteiger partial charge in [-0.3, -0.25) is 0 Å². The van der Waals surface area contributed by atoms with Gasteiger partial charge in [-0.1, -0.05) is 43.1 Å². The lowest BCUT2D eigenvalue weighted by Crippen LogP contribution is -2.05.